The first-order chi connectivity index (χ1) is 15.4. The molecule has 0 aliphatic carbocycles. The Bertz CT molecular complexity index is 1210. The van der Waals surface area contributed by atoms with Gasteiger partial charge in [-0.2, -0.15) is 4.80 Å². The molecule has 164 valence electrons. The van der Waals surface area contributed by atoms with Crippen LogP contribution in [0.4, 0.5) is 5.69 Å². The first-order valence-electron chi connectivity index (χ1n) is 10.9. The van der Waals surface area contributed by atoms with E-state index in [1.807, 2.05) is 42.5 Å². The highest BCUT2D eigenvalue weighted by atomic mass is 16.5. The fourth-order valence-corrected chi connectivity index (χ4v) is 3.27. The third kappa shape index (κ3) is 4.97. The van der Waals surface area contributed by atoms with Gasteiger partial charge in [0.15, 0.2) is 0 Å². The quantitative estimate of drug-likeness (QED) is 0.402. The minimum Gasteiger partial charge on any atom is -0.493 e. The fraction of sp³-hybridized carbons (Fsp3) is 0.269. The molecule has 0 radical (unpaired) electrons. The topological polar surface area (TPSA) is 69.0 Å². The van der Waals surface area contributed by atoms with Gasteiger partial charge in [-0.05, 0) is 72.0 Å². The molecular formula is C26H28N4O2. The molecule has 0 fully saturated rings. The van der Waals surface area contributed by atoms with E-state index in [2.05, 4.69) is 55.3 Å². The van der Waals surface area contributed by atoms with E-state index in [1.54, 1.807) is 16.9 Å². The lowest BCUT2D eigenvalue weighted by molar-refractivity contribution is 0.102. The average molecular weight is 429 g/mol. The van der Waals surface area contributed by atoms with Gasteiger partial charge in [0.25, 0.3) is 5.91 Å². The van der Waals surface area contributed by atoms with Crippen molar-refractivity contribution >= 4 is 22.6 Å². The molecule has 0 unspecified atom stereocenters. The van der Waals surface area contributed by atoms with Gasteiger partial charge < -0.3 is 10.1 Å². The van der Waals surface area contributed by atoms with Crippen molar-refractivity contribution in [3.8, 4) is 11.4 Å². The number of amides is 1. The van der Waals surface area contributed by atoms with Gasteiger partial charge in [0, 0.05) is 11.3 Å². The molecular weight excluding hydrogens is 400 g/mol. The Labute approximate surface area is 188 Å². The number of nitrogens with one attached hydrogen (secondary N) is 1. The molecule has 3 aromatic carbocycles. The highest BCUT2D eigenvalue weighted by Crippen LogP contribution is 2.21. The Morgan fingerprint density at radius 1 is 0.906 bits per heavy atom. The first kappa shape index (κ1) is 21.6. The number of hydrogen-bond acceptors (Lipinski definition) is 4. The van der Waals surface area contributed by atoms with Crippen molar-refractivity contribution in [1.29, 1.82) is 0 Å². The SMILES string of the molecule is CC(C)COc1ccc(C(=O)Nc2ccc3nn(-c4ccc(C(C)C)cc4)nc3c2)cc1. The number of rotatable bonds is 7. The van der Waals surface area contributed by atoms with E-state index in [4.69, 9.17) is 4.74 Å². The van der Waals surface area contributed by atoms with Crippen LogP contribution in [0.1, 0.15) is 49.5 Å². The molecule has 0 spiro atoms. The summed E-state index contributed by atoms with van der Waals surface area (Å²) in [4.78, 5) is 14.3. The second-order valence-electron chi connectivity index (χ2n) is 8.62. The number of aromatic nitrogens is 3. The van der Waals surface area contributed by atoms with Gasteiger partial charge in [0.1, 0.15) is 16.8 Å². The molecule has 0 aliphatic heterocycles. The Balaban J connectivity index is 1.47. The summed E-state index contributed by atoms with van der Waals surface area (Å²) in [7, 11) is 0. The summed E-state index contributed by atoms with van der Waals surface area (Å²) in [6.07, 6.45) is 0. The third-order valence-electron chi connectivity index (χ3n) is 5.13. The first-order valence-corrected chi connectivity index (χ1v) is 10.9. The van der Waals surface area contributed by atoms with Gasteiger partial charge in [-0.3, -0.25) is 4.79 Å². The van der Waals surface area contributed by atoms with Gasteiger partial charge in [0.2, 0.25) is 0 Å². The van der Waals surface area contributed by atoms with Crippen LogP contribution in [-0.4, -0.2) is 27.5 Å². The molecule has 0 atom stereocenters. The summed E-state index contributed by atoms with van der Waals surface area (Å²) in [6, 6.07) is 20.9. The maximum absolute atomic E-state index is 12.6. The van der Waals surface area contributed by atoms with Crippen molar-refractivity contribution in [2.75, 3.05) is 11.9 Å². The largest absolute Gasteiger partial charge is 0.493 e. The molecule has 1 N–H and O–H groups in total. The lowest BCUT2D eigenvalue weighted by atomic mass is 10.0. The standard InChI is InChI=1S/C26H28N4O2/c1-17(2)16-32-23-12-7-20(8-13-23)26(31)27-21-9-14-24-25(15-21)29-30(28-24)22-10-5-19(6-11-22)18(3)4/h5-15,17-18H,16H2,1-4H3,(H,27,31). The minimum atomic E-state index is -0.184. The Morgan fingerprint density at radius 3 is 2.25 bits per heavy atom. The molecule has 0 aliphatic rings. The van der Waals surface area contributed by atoms with Crippen LogP contribution in [0.25, 0.3) is 16.7 Å². The number of benzene rings is 3. The number of carbonyl (C=O) groups is 1. The highest BCUT2D eigenvalue weighted by Gasteiger charge is 2.10. The summed E-state index contributed by atoms with van der Waals surface area (Å²) >= 11 is 0. The Morgan fingerprint density at radius 2 is 1.59 bits per heavy atom. The van der Waals surface area contributed by atoms with E-state index in [1.165, 1.54) is 5.56 Å². The zero-order valence-electron chi connectivity index (χ0n) is 18.9. The molecule has 0 saturated carbocycles. The Kier molecular flexibility index (Phi) is 6.21. The van der Waals surface area contributed by atoms with Gasteiger partial charge in [-0.25, -0.2) is 0 Å². The Hall–Kier alpha value is -3.67. The van der Waals surface area contributed by atoms with Gasteiger partial charge >= 0.3 is 0 Å². The third-order valence-corrected chi connectivity index (χ3v) is 5.13. The predicted octanol–water partition coefficient (Wildman–Crippen LogP) is 5.83. The number of anilines is 1. The van der Waals surface area contributed by atoms with Crippen LogP contribution in [0.15, 0.2) is 66.7 Å². The molecule has 6 heteroatoms. The minimum absolute atomic E-state index is 0.184. The van der Waals surface area contributed by atoms with E-state index in [9.17, 15) is 4.79 Å². The summed E-state index contributed by atoms with van der Waals surface area (Å²) in [5.74, 6) is 1.50. The van der Waals surface area contributed by atoms with Crippen molar-refractivity contribution in [2.24, 2.45) is 5.92 Å². The smallest absolute Gasteiger partial charge is 0.255 e. The van der Waals surface area contributed by atoms with Crippen LogP contribution in [0, 0.1) is 5.92 Å². The second kappa shape index (κ2) is 9.22. The van der Waals surface area contributed by atoms with E-state index < -0.39 is 0 Å². The maximum atomic E-state index is 12.6. The summed E-state index contributed by atoms with van der Waals surface area (Å²) in [5, 5.41) is 12.1. The molecule has 1 heterocycles. The lowest BCUT2D eigenvalue weighted by Crippen LogP contribution is -2.12. The van der Waals surface area contributed by atoms with Gasteiger partial charge in [-0.1, -0.05) is 39.8 Å². The lowest BCUT2D eigenvalue weighted by Gasteiger charge is -2.09. The molecule has 4 aromatic rings. The van der Waals surface area contributed by atoms with E-state index >= 15 is 0 Å². The molecule has 0 bridgehead atoms. The number of nitrogens with zero attached hydrogens (tertiary/aromatic N) is 3. The van der Waals surface area contributed by atoms with Crippen LogP contribution in [-0.2, 0) is 0 Å². The van der Waals surface area contributed by atoms with Crippen LogP contribution >= 0.6 is 0 Å². The number of ether oxygens (including phenoxy) is 1. The maximum Gasteiger partial charge on any atom is 0.255 e. The summed E-state index contributed by atoms with van der Waals surface area (Å²) in [5.41, 5.74) is 4.89. The van der Waals surface area contributed by atoms with Crippen molar-refractivity contribution in [3.63, 3.8) is 0 Å². The van der Waals surface area contributed by atoms with Crippen molar-refractivity contribution in [3.05, 3.63) is 77.9 Å². The van der Waals surface area contributed by atoms with E-state index in [0.29, 0.717) is 35.2 Å². The van der Waals surface area contributed by atoms with Crippen molar-refractivity contribution in [1.82, 2.24) is 15.0 Å². The zero-order valence-corrected chi connectivity index (χ0v) is 18.9. The zero-order chi connectivity index (χ0) is 22.7. The normalized spacial score (nSPS) is 11.3. The van der Waals surface area contributed by atoms with Crippen LogP contribution in [0.5, 0.6) is 5.75 Å². The van der Waals surface area contributed by atoms with Crippen LogP contribution in [0.2, 0.25) is 0 Å². The molecule has 0 saturated heterocycles. The predicted molar refractivity (Wildman–Crippen MR) is 128 cm³/mol. The fourth-order valence-electron chi connectivity index (χ4n) is 3.27. The molecule has 6 nitrogen and oxygen atoms in total. The summed E-state index contributed by atoms with van der Waals surface area (Å²) < 4.78 is 5.68. The molecule has 4 rings (SSSR count). The summed E-state index contributed by atoms with van der Waals surface area (Å²) in [6.45, 7) is 9.17. The number of fused-ring (bicyclic) bond motifs is 1. The van der Waals surface area contributed by atoms with Crippen molar-refractivity contribution < 1.29 is 9.53 Å². The average Bonchev–Trinajstić information content (AvgIpc) is 3.21. The van der Waals surface area contributed by atoms with Crippen LogP contribution < -0.4 is 10.1 Å². The molecule has 1 aromatic heterocycles. The van der Waals surface area contributed by atoms with Gasteiger partial charge in [-0.15, -0.1) is 10.2 Å². The van der Waals surface area contributed by atoms with E-state index in [0.717, 1.165) is 17.0 Å². The monoisotopic (exact) mass is 428 g/mol. The van der Waals surface area contributed by atoms with Crippen LogP contribution in [0.3, 0.4) is 0 Å². The molecule has 32 heavy (non-hydrogen) atoms. The van der Waals surface area contributed by atoms with E-state index in [-0.39, 0.29) is 5.91 Å². The second-order valence-corrected chi connectivity index (χ2v) is 8.62. The molecule has 1 amide bonds. The van der Waals surface area contributed by atoms with Gasteiger partial charge in [0.05, 0.1) is 12.3 Å². The number of carbonyl (C=O) groups excluding carboxylic acids is 1. The van der Waals surface area contributed by atoms with Crippen molar-refractivity contribution in [2.45, 2.75) is 33.6 Å². The number of hydrogen-bond donors (Lipinski definition) is 1. The highest BCUT2D eigenvalue weighted by molar-refractivity contribution is 6.05.